The van der Waals surface area contributed by atoms with Gasteiger partial charge in [0.15, 0.2) is 11.5 Å². The molecular formula is C31H45N3O2. The molecule has 196 valence electrons. The van der Waals surface area contributed by atoms with Gasteiger partial charge in [-0.3, -0.25) is 0 Å². The van der Waals surface area contributed by atoms with Crippen LogP contribution in [0.15, 0.2) is 36.4 Å². The number of likely N-dealkylation sites (N-methyl/N-ethyl adjacent to an activating group) is 2. The largest absolute Gasteiger partial charge is 0.493 e. The minimum absolute atomic E-state index is 0.408. The monoisotopic (exact) mass is 491 g/mol. The Kier molecular flexibility index (Phi) is 8.63. The SMILES string of the molecule is COc1ccc(-c2[nH]c3ccc(CC4CCC(N(C)CCN(C)C)CC4)cc3c2C(C)C)cc1OC. The number of hydrogen-bond donors (Lipinski definition) is 1. The highest BCUT2D eigenvalue weighted by atomic mass is 16.5. The summed E-state index contributed by atoms with van der Waals surface area (Å²) in [5.41, 5.74) is 6.36. The molecule has 3 aromatic rings. The second kappa shape index (κ2) is 11.7. The number of rotatable bonds is 10. The third kappa shape index (κ3) is 5.90. The molecule has 0 bridgehead atoms. The maximum Gasteiger partial charge on any atom is 0.161 e. The minimum atomic E-state index is 0.408. The number of H-pyrrole nitrogens is 1. The first-order chi connectivity index (χ1) is 17.3. The Hall–Kier alpha value is -2.50. The summed E-state index contributed by atoms with van der Waals surface area (Å²) in [6.07, 6.45) is 6.48. The van der Waals surface area contributed by atoms with Crippen LogP contribution in [-0.4, -0.2) is 69.3 Å². The fourth-order valence-electron chi connectivity index (χ4n) is 5.87. The average molecular weight is 492 g/mol. The molecule has 0 radical (unpaired) electrons. The van der Waals surface area contributed by atoms with E-state index in [-0.39, 0.29) is 0 Å². The zero-order chi connectivity index (χ0) is 25.8. The molecule has 5 nitrogen and oxygen atoms in total. The van der Waals surface area contributed by atoms with Crippen molar-refractivity contribution in [1.82, 2.24) is 14.8 Å². The summed E-state index contributed by atoms with van der Waals surface area (Å²) < 4.78 is 11.0. The Morgan fingerprint density at radius 2 is 1.61 bits per heavy atom. The average Bonchev–Trinajstić information content (AvgIpc) is 3.26. The quantitative estimate of drug-likeness (QED) is 0.348. The van der Waals surface area contributed by atoms with Crippen LogP contribution in [0.2, 0.25) is 0 Å². The molecule has 0 saturated heterocycles. The molecule has 5 heteroatoms. The fraction of sp³-hybridized carbons (Fsp3) is 0.548. The van der Waals surface area contributed by atoms with Crippen LogP contribution >= 0.6 is 0 Å². The van der Waals surface area contributed by atoms with Gasteiger partial charge in [-0.25, -0.2) is 0 Å². The summed E-state index contributed by atoms with van der Waals surface area (Å²) in [5, 5.41) is 1.35. The van der Waals surface area contributed by atoms with Crippen molar-refractivity contribution in [2.75, 3.05) is 48.5 Å². The van der Waals surface area contributed by atoms with E-state index in [2.05, 4.69) is 80.1 Å². The van der Waals surface area contributed by atoms with E-state index in [1.807, 2.05) is 6.07 Å². The van der Waals surface area contributed by atoms with Gasteiger partial charge in [-0.1, -0.05) is 19.9 Å². The Balaban J connectivity index is 1.51. The molecule has 0 atom stereocenters. The van der Waals surface area contributed by atoms with Gasteiger partial charge in [0, 0.05) is 35.6 Å². The number of nitrogens with zero attached hydrogens (tertiary/aromatic N) is 2. The number of aromatic amines is 1. The van der Waals surface area contributed by atoms with E-state index in [0.717, 1.165) is 42.1 Å². The van der Waals surface area contributed by atoms with Crippen molar-refractivity contribution >= 4 is 10.9 Å². The zero-order valence-corrected chi connectivity index (χ0v) is 23.4. The van der Waals surface area contributed by atoms with Crippen molar-refractivity contribution in [2.24, 2.45) is 5.92 Å². The second-order valence-corrected chi connectivity index (χ2v) is 11.2. The minimum Gasteiger partial charge on any atom is -0.493 e. The molecule has 1 heterocycles. The number of fused-ring (bicyclic) bond motifs is 1. The molecule has 1 saturated carbocycles. The van der Waals surface area contributed by atoms with Gasteiger partial charge in [-0.2, -0.15) is 0 Å². The molecular weight excluding hydrogens is 446 g/mol. The molecule has 0 unspecified atom stereocenters. The summed E-state index contributed by atoms with van der Waals surface area (Å²) in [5.74, 6) is 2.70. The predicted molar refractivity (Wildman–Crippen MR) is 152 cm³/mol. The first kappa shape index (κ1) is 26.6. The number of ether oxygens (including phenoxy) is 2. The standard InChI is InChI=1S/C31H45N3O2/c1-21(2)30-26-19-23(18-22-8-12-25(13-9-22)34(5)17-16-33(3)4)10-14-27(26)32-31(30)24-11-15-28(35-6)29(20-24)36-7/h10-11,14-15,19-22,25,32H,8-9,12-13,16-18H2,1-7H3. The topological polar surface area (TPSA) is 40.7 Å². The highest BCUT2D eigenvalue weighted by Gasteiger charge is 2.25. The van der Waals surface area contributed by atoms with Crippen LogP contribution in [0.3, 0.4) is 0 Å². The first-order valence-electron chi connectivity index (χ1n) is 13.5. The molecule has 0 aliphatic heterocycles. The van der Waals surface area contributed by atoms with E-state index in [1.165, 1.54) is 59.8 Å². The number of hydrogen-bond acceptors (Lipinski definition) is 4. The Morgan fingerprint density at radius 1 is 0.889 bits per heavy atom. The van der Waals surface area contributed by atoms with Gasteiger partial charge in [-0.05, 0) is 107 Å². The van der Waals surface area contributed by atoms with Gasteiger partial charge in [0.05, 0.1) is 19.9 Å². The van der Waals surface area contributed by atoms with Crippen LogP contribution in [0.5, 0.6) is 11.5 Å². The van der Waals surface area contributed by atoms with E-state index < -0.39 is 0 Å². The summed E-state index contributed by atoms with van der Waals surface area (Å²) in [6.45, 7) is 6.87. The highest BCUT2D eigenvalue weighted by molar-refractivity contribution is 5.92. The highest BCUT2D eigenvalue weighted by Crippen LogP contribution is 2.39. The molecule has 1 aromatic heterocycles. The molecule has 4 rings (SSSR count). The molecule has 36 heavy (non-hydrogen) atoms. The fourth-order valence-corrected chi connectivity index (χ4v) is 5.87. The van der Waals surface area contributed by atoms with Crippen LogP contribution < -0.4 is 9.47 Å². The van der Waals surface area contributed by atoms with Crippen LogP contribution in [0.1, 0.15) is 56.6 Å². The van der Waals surface area contributed by atoms with Gasteiger partial charge >= 0.3 is 0 Å². The number of aromatic nitrogens is 1. The second-order valence-electron chi connectivity index (χ2n) is 11.2. The lowest BCUT2D eigenvalue weighted by Gasteiger charge is -2.35. The van der Waals surface area contributed by atoms with Crippen LogP contribution in [0, 0.1) is 5.92 Å². The Labute approximate surface area is 217 Å². The van der Waals surface area contributed by atoms with Crippen molar-refractivity contribution in [3.63, 3.8) is 0 Å². The number of nitrogens with one attached hydrogen (secondary N) is 1. The lowest BCUT2D eigenvalue weighted by atomic mass is 9.81. The predicted octanol–water partition coefficient (Wildman–Crippen LogP) is 6.57. The van der Waals surface area contributed by atoms with Gasteiger partial charge in [0.25, 0.3) is 0 Å². The zero-order valence-electron chi connectivity index (χ0n) is 23.4. The summed E-state index contributed by atoms with van der Waals surface area (Å²) in [7, 11) is 9.99. The maximum atomic E-state index is 5.58. The van der Waals surface area contributed by atoms with E-state index >= 15 is 0 Å². The van der Waals surface area contributed by atoms with Gasteiger partial charge in [0.2, 0.25) is 0 Å². The van der Waals surface area contributed by atoms with Crippen molar-refractivity contribution in [3.05, 3.63) is 47.5 Å². The normalized spacial score (nSPS) is 18.5. The van der Waals surface area contributed by atoms with Crippen LogP contribution in [0.25, 0.3) is 22.2 Å². The molecule has 1 N–H and O–H groups in total. The molecule has 1 aliphatic carbocycles. The summed E-state index contributed by atoms with van der Waals surface area (Å²) >= 11 is 0. The lowest BCUT2D eigenvalue weighted by Crippen LogP contribution is -2.39. The van der Waals surface area contributed by atoms with E-state index in [9.17, 15) is 0 Å². The van der Waals surface area contributed by atoms with Gasteiger partial charge in [-0.15, -0.1) is 0 Å². The number of benzene rings is 2. The van der Waals surface area contributed by atoms with Crippen LogP contribution in [-0.2, 0) is 6.42 Å². The molecule has 2 aromatic carbocycles. The summed E-state index contributed by atoms with van der Waals surface area (Å²) in [6, 6.07) is 14.0. The molecule has 1 fully saturated rings. The van der Waals surface area contributed by atoms with Crippen molar-refractivity contribution in [1.29, 1.82) is 0 Å². The maximum absolute atomic E-state index is 5.58. The van der Waals surface area contributed by atoms with Crippen LogP contribution in [0.4, 0.5) is 0 Å². The molecule has 1 aliphatic rings. The Morgan fingerprint density at radius 3 is 2.25 bits per heavy atom. The van der Waals surface area contributed by atoms with Gasteiger partial charge in [0.1, 0.15) is 0 Å². The summed E-state index contributed by atoms with van der Waals surface area (Å²) in [4.78, 5) is 8.57. The lowest BCUT2D eigenvalue weighted by molar-refractivity contribution is 0.154. The van der Waals surface area contributed by atoms with E-state index in [4.69, 9.17) is 9.47 Å². The molecule has 0 spiro atoms. The van der Waals surface area contributed by atoms with Gasteiger partial charge < -0.3 is 24.3 Å². The molecule has 0 amide bonds. The Bertz CT molecular complexity index is 1140. The smallest absolute Gasteiger partial charge is 0.161 e. The van der Waals surface area contributed by atoms with Crippen molar-refractivity contribution in [2.45, 2.75) is 57.9 Å². The van der Waals surface area contributed by atoms with E-state index in [1.54, 1.807) is 14.2 Å². The number of methoxy groups -OCH3 is 2. The van der Waals surface area contributed by atoms with Crippen molar-refractivity contribution in [3.8, 4) is 22.8 Å². The van der Waals surface area contributed by atoms with E-state index in [0.29, 0.717) is 5.92 Å². The van der Waals surface area contributed by atoms with Crippen molar-refractivity contribution < 1.29 is 9.47 Å². The first-order valence-corrected chi connectivity index (χ1v) is 13.5. The third-order valence-corrected chi connectivity index (χ3v) is 8.02. The third-order valence-electron chi connectivity index (χ3n) is 8.02.